The summed E-state index contributed by atoms with van der Waals surface area (Å²) in [5.74, 6) is 3.10. The van der Waals surface area contributed by atoms with Crippen LogP contribution in [-0.4, -0.2) is 40.9 Å². The highest BCUT2D eigenvalue weighted by Crippen LogP contribution is 2.28. The van der Waals surface area contributed by atoms with E-state index in [9.17, 15) is 9.59 Å². The number of ether oxygens (including phenoxy) is 1. The van der Waals surface area contributed by atoms with Crippen molar-refractivity contribution in [1.29, 1.82) is 0 Å². The van der Waals surface area contributed by atoms with Gasteiger partial charge in [0.25, 0.3) is 5.91 Å². The maximum Gasteiger partial charge on any atom is 0.255 e. The third kappa shape index (κ3) is 4.45. The number of para-hydroxylation sites is 1. The molecule has 2 aliphatic rings. The zero-order valence-corrected chi connectivity index (χ0v) is 15.8. The summed E-state index contributed by atoms with van der Waals surface area (Å²) in [5, 5.41) is 2.99. The lowest BCUT2D eigenvalue weighted by molar-refractivity contribution is -0.124. The van der Waals surface area contributed by atoms with Gasteiger partial charge in [-0.15, -0.1) is 11.8 Å². The van der Waals surface area contributed by atoms with Gasteiger partial charge in [0.15, 0.2) is 0 Å². The molecule has 2 amide bonds. The van der Waals surface area contributed by atoms with Crippen molar-refractivity contribution in [2.24, 2.45) is 5.92 Å². The van der Waals surface area contributed by atoms with Gasteiger partial charge < -0.3 is 15.0 Å². The fourth-order valence-electron chi connectivity index (χ4n) is 3.00. The van der Waals surface area contributed by atoms with Crippen LogP contribution in [0.4, 0.5) is 0 Å². The predicted molar refractivity (Wildman–Crippen MR) is 106 cm³/mol. The summed E-state index contributed by atoms with van der Waals surface area (Å²) in [6, 6.07) is 16.2. The first kappa shape index (κ1) is 17.9. The number of amides is 2. The second-order valence-electron chi connectivity index (χ2n) is 6.92. The van der Waals surface area contributed by atoms with Crippen molar-refractivity contribution in [3.05, 3.63) is 60.2 Å². The first-order chi connectivity index (χ1) is 13.2. The predicted octanol–water partition coefficient (Wildman–Crippen LogP) is 3.52. The van der Waals surface area contributed by atoms with E-state index in [2.05, 4.69) is 5.32 Å². The molecular formula is C21H22N2O3S. The number of carbonyl (C=O) groups is 2. The van der Waals surface area contributed by atoms with Crippen LogP contribution in [0.2, 0.25) is 0 Å². The maximum absolute atomic E-state index is 12.9. The molecule has 1 unspecified atom stereocenters. The molecule has 2 fully saturated rings. The molecule has 1 aliphatic heterocycles. The van der Waals surface area contributed by atoms with Crippen LogP contribution in [0.1, 0.15) is 23.2 Å². The van der Waals surface area contributed by atoms with Crippen LogP contribution >= 0.6 is 11.8 Å². The molecule has 0 aromatic heterocycles. The minimum atomic E-state index is -0.388. The average molecular weight is 382 g/mol. The lowest BCUT2D eigenvalue weighted by Crippen LogP contribution is -2.47. The molecule has 2 aromatic rings. The monoisotopic (exact) mass is 382 g/mol. The van der Waals surface area contributed by atoms with Gasteiger partial charge in [-0.05, 0) is 55.2 Å². The van der Waals surface area contributed by atoms with Crippen molar-refractivity contribution in [3.8, 4) is 11.5 Å². The Morgan fingerprint density at radius 2 is 1.74 bits per heavy atom. The number of nitrogens with one attached hydrogen (secondary N) is 1. The molecule has 27 heavy (non-hydrogen) atoms. The minimum absolute atomic E-state index is 0.0377. The average Bonchev–Trinajstić information content (AvgIpc) is 3.40. The summed E-state index contributed by atoms with van der Waals surface area (Å²) in [6.45, 7) is 0.730. The van der Waals surface area contributed by atoms with E-state index in [4.69, 9.17) is 4.74 Å². The Hall–Kier alpha value is -2.47. The number of hydrogen-bond acceptors (Lipinski definition) is 4. The molecule has 2 aromatic carbocycles. The van der Waals surface area contributed by atoms with E-state index >= 15 is 0 Å². The van der Waals surface area contributed by atoms with E-state index in [1.165, 1.54) is 12.8 Å². The lowest BCUT2D eigenvalue weighted by Gasteiger charge is -2.23. The summed E-state index contributed by atoms with van der Waals surface area (Å²) in [7, 11) is 0. The lowest BCUT2D eigenvalue weighted by atomic mass is 10.1. The Morgan fingerprint density at radius 1 is 1.04 bits per heavy atom. The second-order valence-corrected chi connectivity index (χ2v) is 7.92. The van der Waals surface area contributed by atoms with Crippen LogP contribution < -0.4 is 10.1 Å². The van der Waals surface area contributed by atoms with E-state index in [1.54, 1.807) is 40.9 Å². The Labute approximate surface area is 163 Å². The number of carbonyl (C=O) groups excluding carboxylic acids is 2. The normalized spacial score (nSPS) is 19.0. The summed E-state index contributed by atoms with van der Waals surface area (Å²) in [5.41, 5.74) is 0.568. The molecule has 1 aliphatic carbocycles. The molecule has 1 saturated carbocycles. The van der Waals surface area contributed by atoms with Gasteiger partial charge in [-0.3, -0.25) is 9.59 Å². The smallest absolute Gasteiger partial charge is 0.255 e. The van der Waals surface area contributed by atoms with Crippen molar-refractivity contribution in [2.45, 2.75) is 18.9 Å². The molecule has 1 atom stereocenters. The maximum atomic E-state index is 12.9. The Balaban J connectivity index is 1.39. The van der Waals surface area contributed by atoms with Crippen molar-refractivity contribution in [2.75, 3.05) is 18.2 Å². The topological polar surface area (TPSA) is 58.6 Å². The van der Waals surface area contributed by atoms with E-state index < -0.39 is 0 Å². The van der Waals surface area contributed by atoms with Crippen molar-refractivity contribution >= 4 is 23.6 Å². The van der Waals surface area contributed by atoms with Crippen LogP contribution in [0.15, 0.2) is 54.6 Å². The molecule has 0 spiro atoms. The van der Waals surface area contributed by atoms with Gasteiger partial charge in [-0.1, -0.05) is 18.2 Å². The van der Waals surface area contributed by atoms with Crippen molar-refractivity contribution in [1.82, 2.24) is 10.2 Å². The Kier molecular flexibility index (Phi) is 5.34. The van der Waals surface area contributed by atoms with Crippen molar-refractivity contribution in [3.63, 3.8) is 0 Å². The molecular weight excluding hydrogens is 360 g/mol. The van der Waals surface area contributed by atoms with Gasteiger partial charge >= 0.3 is 0 Å². The summed E-state index contributed by atoms with van der Waals surface area (Å²) < 4.78 is 5.77. The summed E-state index contributed by atoms with van der Waals surface area (Å²) in [6.07, 6.45) is 2.39. The van der Waals surface area contributed by atoms with Gasteiger partial charge in [-0.25, -0.2) is 0 Å². The quantitative estimate of drug-likeness (QED) is 0.830. The van der Waals surface area contributed by atoms with Gasteiger partial charge in [-0.2, -0.15) is 0 Å². The van der Waals surface area contributed by atoms with E-state index in [1.807, 2.05) is 30.3 Å². The number of nitrogens with zero attached hydrogens (tertiary/aromatic N) is 1. The molecule has 0 bridgehead atoms. The van der Waals surface area contributed by atoms with Crippen LogP contribution in [0.25, 0.3) is 0 Å². The zero-order chi connectivity index (χ0) is 18.6. The van der Waals surface area contributed by atoms with Crippen LogP contribution in [0, 0.1) is 5.92 Å². The van der Waals surface area contributed by atoms with Crippen LogP contribution in [0.5, 0.6) is 11.5 Å². The molecule has 6 heteroatoms. The van der Waals surface area contributed by atoms with Crippen molar-refractivity contribution < 1.29 is 14.3 Å². The first-order valence-corrected chi connectivity index (χ1v) is 10.4. The van der Waals surface area contributed by atoms with Crippen LogP contribution in [-0.2, 0) is 4.79 Å². The first-order valence-electron chi connectivity index (χ1n) is 9.20. The molecule has 0 radical (unpaired) electrons. The number of rotatable bonds is 6. The second kappa shape index (κ2) is 8.05. The fourth-order valence-corrected chi connectivity index (χ4v) is 4.15. The number of thioether (sulfide) groups is 1. The van der Waals surface area contributed by atoms with Gasteiger partial charge in [0.1, 0.15) is 17.5 Å². The molecule has 1 saturated heterocycles. The van der Waals surface area contributed by atoms with Gasteiger partial charge in [0.05, 0.1) is 5.88 Å². The van der Waals surface area contributed by atoms with E-state index in [0.29, 0.717) is 28.9 Å². The third-order valence-corrected chi connectivity index (χ3v) is 5.80. The highest BCUT2D eigenvalue weighted by atomic mass is 32.2. The van der Waals surface area contributed by atoms with E-state index in [-0.39, 0.29) is 17.9 Å². The SMILES string of the molecule is O=C(NCC1CC1)C1CSCN1C(=O)c1ccc(Oc2ccccc2)cc1. The molecule has 1 N–H and O–H groups in total. The third-order valence-electron chi connectivity index (χ3n) is 4.79. The zero-order valence-electron chi connectivity index (χ0n) is 15.0. The number of hydrogen-bond donors (Lipinski definition) is 1. The minimum Gasteiger partial charge on any atom is -0.457 e. The van der Waals surface area contributed by atoms with Gasteiger partial charge in [0, 0.05) is 17.9 Å². The highest BCUT2D eigenvalue weighted by Gasteiger charge is 2.35. The Morgan fingerprint density at radius 3 is 2.44 bits per heavy atom. The van der Waals surface area contributed by atoms with E-state index in [0.717, 1.165) is 12.3 Å². The summed E-state index contributed by atoms with van der Waals surface area (Å²) >= 11 is 1.62. The number of benzene rings is 2. The standard InChI is InChI=1S/C21H22N2O3S/c24-20(22-12-15-6-7-15)19-13-27-14-23(19)21(25)16-8-10-18(11-9-16)26-17-4-2-1-3-5-17/h1-5,8-11,15,19H,6-7,12-14H2,(H,22,24). The summed E-state index contributed by atoms with van der Waals surface area (Å²) in [4.78, 5) is 27.0. The molecule has 4 rings (SSSR count). The highest BCUT2D eigenvalue weighted by molar-refractivity contribution is 7.99. The molecule has 1 heterocycles. The van der Waals surface area contributed by atoms with Gasteiger partial charge in [0.2, 0.25) is 5.91 Å². The fraction of sp³-hybridized carbons (Fsp3) is 0.333. The molecule has 5 nitrogen and oxygen atoms in total. The van der Waals surface area contributed by atoms with Crippen LogP contribution in [0.3, 0.4) is 0 Å². The molecule has 140 valence electrons. The largest absolute Gasteiger partial charge is 0.457 e. The Bertz CT molecular complexity index is 806.